The fraction of sp³-hybridized carbons (Fsp3) is 0.150. The van der Waals surface area contributed by atoms with E-state index in [0.717, 1.165) is 22.4 Å². The van der Waals surface area contributed by atoms with Gasteiger partial charge in [0.15, 0.2) is 5.84 Å². The Morgan fingerprint density at radius 3 is 2.43 bits per heavy atom. The third kappa shape index (κ3) is 5.83. The van der Waals surface area contributed by atoms with Crippen LogP contribution < -0.4 is 0 Å². The Balaban J connectivity index is 2.81. The molecule has 3 heteroatoms. The second-order valence-corrected chi connectivity index (χ2v) is 4.92. The molecule has 0 fully saturated rings. The number of amidine groups is 1. The first-order chi connectivity index (χ1) is 11.0. The van der Waals surface area contributed by atoms with Gasteiger partial charge in [0.25, 0.3) is 0 Å². The van der Waals surface area contributed by atoms with Gasteiger partial charge < -0.3 is 0 Å². The van der Waals surface area contributed by atoms with Gasteiger partial charge in [-0.1, -0.05) is 49.6 Å². The van der Waals surface area contributed by atoms with Crippen LogP contribution in [0.4, 0.5) is 0 Å². The van der Waals surface area contributed by atoms with Crippen molar-refractivity contribution in [2.75, 3.05) is 7.05 Å². The Labute approximate surface area is 138 Å². The Kier molecular flexibility index (Phi) is 7.34. The molecule has 0 aromatic carbocycles. The fourth-order valence-corrected chi connectivity index (χ4v) is 1.61. The molecule has 3 nitrogen and oxygen atoms in total. The lowest BCUT2D eigenvalue weighted by Crippen LogP contribution is -1.99. The van der Waals surface area contributed by atoms with E-state index in [2.05, 4.69) is 34.7 Å². The lowest BCUT2D eigenvalue weighted by atomic mass is 10.1. The van der Waals surface area contributed by atoms with Crippen molar-refractivity contribution >= 4 is 17.6 Å². The highest BCUT2D eigenvalue weighted by atomic mass is 14.9. The van der Waals surface area contributed by atoms with E-state index in [1.165, 1.54) is 0 Å². The van der Waals surface area contributed by atoms with Gasteiger partial charge in [-0.15, -0.1) is 0 Å². The molecule has 0 aliphatic rings. The molecule has 0 radical (unpaired) electrons. The van der Waals surface area contributed by atoms with Gasteiger partial charge >= 0.3 is 0 Å². The van der Waals surface area contributed by atoms with Gasteiger partial charge in [0.2, 0.25) is 0 Å². The number of aliphatic imine (C=N–C) groups is 2. The van der Waals surface area contributed by atoms with Gasteiger partial charge in [-0.2, -0.15) is 0 Å². The number of rotatable bonds is 6. The summed E-state index contributed by atoms with van der Waals surface area (Å²) in [6, 6.07) is 5.66. The highest BCUT2D eigenvalue weighted by Gasteiger charge is 2.03. The number of hydrogen-bond donors (Lipinski definition) is 0. The molecule has 1 rings (SSSR count). The van der Waals surface area contributed by atoms with E-state index in [4.69, 9.17) is 0 Å². The zero-order valence-corrected chi connectivity index (χ0v) is 14.1. The molecule has 0 aliphatic carbocycles. The molecule has 1 heterocycles. The molecule has 0 bridgehead atoms. The number of aromatic nitrogens is 1. The molecular weight excluding hydrogens is 282 g/mol. The lowest BCUT2D eigenvalue weighted by molar-refractivity contribution is 1.28. The zero-order chi connectivity index (χ0) is 17.2. The molecule has 0 amide bonds. The smallest absolute Gasteiger partial charge is 0.153 e. The molecule has 1 aromatic heterocycles. The van der Waals surface area contributed by atoms with Crippen LogP contribution in [0, 0.1) is 0 Å². The molecule has 1 aromatic rings. The Hall–Kier alpha value is -2.81. The standard InChI is InChI=1S/C20H23N3/c1-7-15(2)11-12-16(3)20(21-6)23-14-17(4)18(5)19-10-8-9-13-22-19/h7-14H,3-5H2,1-2,6H3/b12-11-,15-7-,21-20?,23-14?. The first kappa shape index (κ1) is 18.2. The van der Waals surface area contributed by atoms with Gasteiger partial charge in [0.05, 0.1) is 5.69 Å². The molecule has 0 N–H and O–H groups in total. The molecule has 0 saturated carbocycles. The van der Waals surface area contributed by atoms with E-state index in [1.807, 2.05) is 50.3 Å². The average Bonchev–Trinajstić information content (AvgIpc) is 2.59. The summed E-state index contributed by atoms with van der Waals surface area (Å²) in [5.74, 6) is 0.556. The summed E-state index contributed by atoms with van der Waals surface area (Å²) in [5, 5.41) is 0. The van der Waals surface area contributed by atoms with Crippen molar-refractivity contribution in [1.29, 1.82) is 0 Å². The van der Waals surface area contributed by atoms with Gasteiger partial charge in [-0.05, 0) is 31.6 Å². The van der Waals surface area contributed by atoms with E-state index in [1.54, 1.807) is 19.5 Å². The van der Waals surface area contributed by atoms with Crippen LogP contribution in [0.15, 0.2) is 89.1 Å². The molecule has 118 valence electrons. The minimum Gasteiger partial charge on any atom is -0.270 e. The molecule has 0 saturated heterocycles. The molecule has 0 spiro atoms. The number of pyridine rings is 1. The first-order valence-corrected chi connectivity index (χ1v) is 7.30. The number of hydrogen-bond acceptors (Lipinski definition) is 2. The normalized spacial score (nSPS) is 12.8. The van der Waals surface area contributed by atoms with Crippen molar-refractivity contribution in [2.24, 2.45) is 9.98 Å². The van der Waals surface area contributed by atoms with Crippen molar-refractivity contribution in [2.45, 2.75) is 13.8 Å². The molecular formula is C20H23N3. The van der Waals surface area contributed by atoms with Crippen LogP contribution in [0.3, 0.4) is 0 Å². The van der Waals surface area contributed by atoms with Crippen molar-refractivity contribution in [3.63, 3.8) is 0 Å². The van der Waals surface area contributed by atoms with Crippen LogP contribution >= 0.6 is 0 Å². The topological polar surface area (TPSA) is 37.6 Å². The SMILES string of the molecule is C=C(C=NC(=NC)C(=C)/C=C\C(C)=C/C)C(=C)c1ccccn1. The van der Waals surface area contributed by atoms with Crippen LogP contribution in [-0.2, 0) is 0 Å². The molecule has 0 unspecified atom stereocenters. The van der Waals surface area contributed by atoms with E-state index in [0.29, 0.717) is 11.4 Å². The van der Waals surface area contributed by atoms with E-state index in [9.17, 15) is 0 Å². The maximum atomic E-state index is 4.36. The maximum Gasteiger partial charge on any atom is 0.153 e. The van der Waals surface area contributed by atoms with E-state index < -0.39 is 0 Å². The predicted molar refractivity (Wildman–Crippen MR) is 102 cm³/mol. The summed E-state index contributed by atoms with van der Waals surface area (Å²) in [4.78, 5) is 12.8. The maximum absolute atomic E-state index is 4.36. The molecule has 23 heavy (non-hydrogen) atoms. The third-order valence-corrected chi connectivity index (χ3v) is 3.21. The highest BCUT2D eigenvalue weighted by Crippen LogP contribution is 2.15. The third-order valence-electron chi connectivity index (χ3n) is 3.21. The van der Waals surface area contributed by atoms with Gasteiger partial charge in [0, 0.05) is 30.6 Å². The van der Waals surface area contributed by atoms with Crippen molar-refractivity contribution < 1.29 is 0 Å². The molecule has 0 aliphatic heterocycles. The van der Waals surface area contributed by atoms with Crippen LogP contribution in [0.2, 0.25) is 0 Å². The van der Waals surface area contributed by atoms with Crippen LogP contribution in [-0.4, -0.2) is 24.1 Å². The minimum atomic E-state index is 0.556. The van der Waals surface area contributed by atoms with Crippen molar-refractivity contribution in [3.05, 3.63) is 84.8 Å². The Morgan fingerprint density at radius 1 is 1.13 bits per heavy atom. The summed E-state index contributed by atoms with van der Waals surface area (Å²) < 4.78 is 0. The predicted octanol–water partition coefficient (Wildman–Crippen LogP) is 4.83. The quantitative estimate of drug-likeness (QED) is 0.421. The minimum absolute atomic E-state index is 0.556. The summed E-state index contributed by atoms with van der Waals surface area (Å²) in [6.45, 7) is 16.0. The second kappa shape index (κ2) is 9.26. The highest BCUT2D eigenvalue weighted by molar-refractivity contribution is 6.09. The Morgan fingerprint density at radius 2 is 1.87 bits per heavy atom. The summed E-state index contributed by atoms with van der Waals surface area (Å²) in [7, 11) is 1.69. The summed E-state index contributed by atoms with van der Waals surface area (Å²) in [5.41, 5.74) is 4.09. The van der Waals surface area contributed by atoms with Gasteiger partial charge in [-0.3, -0.25) is 9.98 Å². The number of allylic oxidation sites excluding steroid dienone is 5. The largest absolute Gasteiger partial charge is 0.270 e. The average molecular weight is 305 g/mol. The van der Waals surface area contributed by atoms with Crippen LogP contribution in [0.5, 0.6) is 0 Å². The fourth-order valence-electron chi connectivity index (χ4n) is 1.61. The van der Waals surface area contributed by atoms with Gasteiger partial charge in [-0.25, -0.2) is 4.99 Å². The van der Waals surface area contributed by atoms with Gasteiger partial charge in [0.1, 0.15) is 0 Å². The molecule has 0 atom stereocenters. The second-order valence-electron chi connectivity index (χ2n) is 4.92. The first-order valence-electron chi connectivity index (χ1n) is 7.30. The van der Waals surface area contributed by atoms with E-state index in [-0.39, 0.29) is 0 Å². The summed E-state index contributed by atoms with van der Waals surface area (Å²) >= 11 is 0. The lowest BCUT2D eigenvalue weighted by Gasteiger charge is -2.04. The summed E-state index contributed by atoms with van der Waals surface area (Å²) in [6.07, 6.45) is 9.26. The monoisotopic (exact) mass is 305 g/mol. The van der Waals surface area contributed by atoms with E-state index >= 15 is 0 Å². The van der Waals surface area contributed by atoms with Crippen molar-refractivity contribution in [3.8, 4) is 0 Å². The zero-order valence-electron chi connectivity index (χ0n) is 14.1. The van der Waals surface area contributed by atoms with Crippen LogP contribution in [0.25, 0.3) is 5.57 Å². The van der Waals surface area contributed by atoms with Crippen molar-refractivity contribution in [1.82, 2.24) is 4.98 Å². The van der Waals surface area contributed by atoms with Crippen LogP contribution in [0.1, 0.15) is 19.5 Å². The number of nitrogens with zero attached hydrogens (tertiary/aromatic N) is 3. The Bertz CT molecular complexity index is 702.